The Morgan fingerprint density at radius 2 is 2.32 bits per heavy atom. The average Bonchev–Trinajstić information content (AvgIpc) is 2.85. The van der Waals surface area contributed by atoms with Crippen LogP contribution in [0.5, 0.6) is 0 Å². The second kappa shape index (κ2) is 5.75. The third-order valence-electron chi connectivity index (χ3n) is 2.44. The van der Waals surface area contributed by atoms with Gasteiger partial charge in [0.2, 0.25) is 5.13 Å². The summed E-state index contributed by atoms with van der Waals surface area (Å²) in [7, 11) is 0. The lowest BCUT2D eigenvalue weighted by Gasteiger charge is -2.02. The molecule has 0 saturated heterocycles. The standard InChI is InChI=1S/C12H14N4O2S/c1-7(2)10-15-12(19-16-10)14-6-9-5-8(11(17)18)3-4-13-9/h3-5,7H,6H2,1-2H3,(H,17,18)(H,14,15,16). The van der Waals surface area contributed by atoms with E-state index in [2.05, 4.69) is 19.7 Å². The Morgan fingerprint density at radius 1 is 1.53 bits per heavy atom. The van der Waals surface area contributed by atoms with Gasteiger partial charge in [-0.2, -0.15) is 4.37 Å². The van der Waals surface area contributed by atoms with Crippen molar-refractivity contribution in [1.29, 1.82) is 0 Å². The van der Waals surface area contributed by atoms with Gasteiger partial charge in [-0.05, 0) is 12.1 Å². The Balaban J connectivity index is 2.01. The number of nitrogens with zero attached hydrogens (tertiary/aromatic N) is 3. The van der Waals surface area contributed by atoms with Gasteiger partial charge in [-0.3, -0.25) is 4.98 Å². The number of carbonyl (C=O) groups is 1. The fraction of sp³-hybridized carbons (Fsp3) is 0.333. The third kappa shape index (κ3) is 3.47. The summed E-state index contributed by atoms with van der Waals surface area (Å²) in [5, 5.41) is 12.7. The summed E-state index contributed by atoms with van der Waals surface area (Å²) in [5.41, 5.74) is 0.883. The lowest BCUT2D eigenvalue weighted by Crippen LogP contribution is -2.04. The van der Waals surface area contributed by atoms with E-state index >= 15 is 0 Å². The van der Waals surface area contributed by atoms with Gasteiger partial charge in [-0.25, -0.2) is 9.78 Å². The summed E-state index contributed by atoms with van der Waals surface area (Å²) in [6.45, 7) is 4.49. The maximum atomic E-state index is 10.8. The van der Waals surface area contributed by atoms with Crippen molar-refractivity contribution in [2.45, 2.75) is 26.3 Å². The molecular weight excluding hydrogens is 264 g/mol. The highest BCUT2D eigenvalue weighted by molar-refractivity contribution is 7.09. The van der Waals surface area contributed by atoms with Crippen LogP contribution in [-0.2, 0) is 6.54 Å². The number of carboxylic acid groups (broad SMARTS) is 1. The van der Waals surface area contributed by atoms with Crippen LogP contribution in [0.25, 0.3) is 0 Å². The van der Waals surface area contributed by atoms with Gasteiger partial charge >= 0.3 is 5.97 Å². The minimum Gasteiger partial charge on any atom is -0.478 e. The second-order valence-corrected chi connectivity index (χ2v) is 5.06. The van der Waals surface area contributed by atoms with Crippen LogP contribution in [0.3, 0.4) is 0 Å². The summed E-state index contributed by atoms with van der Waals surface area (Å²) in [5.74, 6) is 0.140. The lowest BCUT2D eigenvalue weighted by atomic mass is 10.2. The highest BCUT2D eigenvalue weighted by atomic mass is 32.1. The molecule has 0 aliphatic heterocycles. The molecule has 100 valence electrons. The predicted molar refractivity (Wildman–Crippen MR) is 72.5 cm³/mol. The first-order chi connectivity index (χ1) is 9.06. The monoisotopic (exact) mass is 278 g/mol. The van der Waals surface area contributed by atoms with Crippen LogP contribution in [0.2, 0.25) is 0 Å². The number of nitrogens with one attached hydrogen (secondary N) is 1. The highest BCUT2D eigenvalue weighted by Crippen LogP contribution is 2.17. The third-order valence-corrected chi connectivity index (χ3v) is 3.13. The van der Waals surface area contributed by atoms with Crippen molar-refractivity contribution in [3.8, 4) is 0 Å². The first-order valence-electron chi connectivity index (χ1n) is 5.82. The van der Waals surface area contributed by atoms with Crippen LogP contribution >= 0.6 is 11.5 Å². The van der Waals surface area contributed by atoms with E-state index in [9.17, 15) is 4.79 Å². The molecular formula is C12H14N4O2S. The minimum atomic E-state index is -0.957. The zero-order chi connectivity index (χ0) is 13.8. The van der Waals surface area contributed by atoms with Gasteiger partial charge in [-0.15, -0.1) is 0 Å². The number of rotatable bonds is 5. The van der Waals surface area contributed by atoms with Crippen LogP contribution in [0.1, 0.15) is 41.6 Å². The Labute approximate surface area is 114 Å². The molecule has 0 aliphatic carbocycles. The van der Waals surface area contributed by atoms with Crippen molar-refractivity contribution in [2.24, 2.45) is 0 Å². The van der Waals surface area contributed by atoms with Gasteiger partial charge in [0.25, 0.3) is 0 Å². The molecule has 2 rings (SSSR count). The summed E-state index contributed by atoms with van der Waals surface area (Å²) in [6.07, 6.45) is 1.49. The maximum Gasteiger partial charge on any atom is 0.335 e. The maximum absolute atomic E-state index is 10.8. The van der Waals surface area contributed by atoms with Crippen molar-refractivity contribution in [1.82, 2.24) is 14.3 Å². The van der Waals surface area contributed by atoms with Crippen molar-refractivity contribution in [3.63, 3.8) is 0 Å². The van der Waals surface area contributed by atoms with Crippen LogP contribution in [0.4, 0.5) is 5.13 Å². The Morgan fingerprint density at radius 3 is 2.95 bits per heavy atom. The zero-order valence-electron chi connectivity index (χ0n) is 10.6. The molecule has 0 radical (unpaired) electrons. The molecule has 2 aromatic heterocycles. The molecule has 19 heavy (non-hydrogen) atoms. The molecule has 0 fully saturated rings. The minimum absolute atomic E-state index is 0.229. The lowest BCUT2D eigenvalue weighted by molar-refractivity contribution is 0.0696. The van der Waals surface area contributed by atoms with Gasteiger partial charge in [0, 0.05) is 23.6 Å². The molecule has 0 atom stereocenters. The first kappa shape index (κ1) is 13.4. The molecule has 0 saturated carbocycles. The second-order valence-electron chi connectivity index (χ2n) is 4.31. The molecule has 0 aliphatic rings. The Hall–Kier alpha value is -2.02. The topological polar surface area (TPSA) is 88.0 Å². The quantitative estimate of drug-likeness (QED) is 0.873. The SMILES string of the molecule is CC(C)c1nsc(NCc2cc(C(=O)O)ccn2)n1. The van der Waals surface area contributed by atoms with Crippen molar-refractivity contribution in [2.75, 3.05) is 5.32 Å². The molecule has 0 bridgehead atoms. The average molecular weight is 278 g/mol. The predicted octanol–water partition coefficient (Wildman–Crippen LogP) is 2.37. The van der Waals surface area contributed by atoms with E-state index in [1.165, 1.54) is 23.8 Å². The van der Waals surface area contributed by atoms with Crippen LogP contribution in [-0.4, -0.2) is 25.4 Å². The molecule has 0 unspecified atom stereocenters. The first-order valence-corrected chi connectivity index (χ1v) is 6.59. The summed E-state index contributed by atoms with van der Waals surface area (Å²) in [4.78, 5) is 19.3. The summed E-state index contributed by atoms with van der Waals surface area (Å²) < 4.78 is 4.23. The number of aromatic carboxylic acids is 1. The summed E-state index contributed by atoms with van der Waals surface area (Å²) in [6, 6.07) is 3.01. The normalized spacial score (nSPS) is 10.7. The van der Waals surface area contributed by atoms with E-state index < -0.39 is 5.97 Å². The largest absolute Gasteiger partial charge is 0.478 e. The van der Waals surface area contributed by atoms with Gasteiger partial charge < -0.3 is 10.4 Å². The van der Waals surface area contributed by atoms with Gasteiger partial charge in [-0.1, -0.05) is 13.8 Å². The molecule has 0 aromatic carbocycles. The van der Waals surface area contributed by atoms with Gasteiger partial charge in [0.1, 0.15) is 5.82 Å². The number of anilines is 1. The molecule has 0 amide bonds. The van der Waals surface area contributed by atoms with Gasteiger partial charge in [0.15, 0.2) is 0 Å². The number of aromatic nitrogens is 3. The van der Waals surface area contributed by atoms with Crippen LogP contribution < -0.4 is 5.32 Å². The van der Waals surface area contributed by atoms with E-state index in [1.54, 1.807) is 6.07 Å². The number of hydrogen-bond acceptors (Lipinski definition) is 6. The van der Waals surface area contributed by atoms with E-state index in [-0.39, 0.29) is 5.56 Å². The van der Waals surface area contributed by atoms with E-state index in [4.69, 9.17) is 5.11 Å². The number of carboxylic acids is 1. The van der Waals surface area contributed by atoms with Crippen molar-refractivity contribution < 1.29 is 9.90 Å². The zero-order valence-corrected chi connectivity index (χ0v) is 11.4. The van der Waals surface area contributed by atoms with Gasteiger partial charge in [0.05, 0.1) is 17.8 Å². The molecule has 7 heteroatoms. The fourth-order valence-electron chi connectivity index (χ4n) is 1.42. The highest BCUT2D eigenvalue weighted by Gasteiger charge is 2.08. The smallest absolute Gasteiger partial charge is 0.335 e. The number of hydrogen-bond donors (Lipinski definition) is 2. The molecule has 0 spiro atoms. The molecule has 2 aromatic rings. The Kier molecular flexibility index (Phi) is 4.06. The van der Waals surface area contributed by atoms with Crippen molar-refractivity contribution >= 4 is 22.6 Å². The fourth-order valence-corrected chi connectivity index (χ4v) is 2.12. The van der Waals surface area contributed by atoms with Crippen molar-refractivity contribution in [3.05, 3.63) is 35.4 Å². The number of pyridine rings is 1. The van der Waals surface area contributed by atoms with E-state index in [0.29, 0.717) is 23.3 Å². The Bertz CT molecular complexity index is 583. The molecule has 2 heterocycles. The van der Waals surface area contributed by atoms with E-state index in [0.717, 1.165) is 5.82 Å². The molecule has 2 N–H and O–H groups in total. The van der Waals surface area contributed by atoms with Crippen LogP contribution in [0, 0.1) is 0 Å². The van der Waals surface area contributed by atoms with Crippen LogP contribution in [0.15, 0.2) is 18.3 Å². The molecule has 6 nitrogen and oxygen atoms in total. The van der Waals surface area contributed by atoms with E-state index in [1.807, 2.05) is 13.8 Å². The summed E-state index contributed by atoms with van der Waals surface area (Å²) >= 11 is 1.29.